The number of rotatable bonds is 3. The van der Waals surface area contributed by atoms with E-state index in [9.17, 15) is 13.2 Å². The molecule has 1 unspecified atom stereocenters. The summed E-state index contributed by atoms with van der Waals surface area (Å²) in [6.07, 6.45) is -4.12. The molecule has 1 atom stereocenters. The molecule has 0 aliphatic carbocycles. The summed E-state index contributed by atoms with van der Waals surface area (Å²) in [6, 6.07) is 14.2. The summed E-state index contributed by atoms with van der Waals surface area (Å²) in [5.74, 6) is 0. The van der Waals surface area contributed by atoms with Crippen LogP contribution in [0.2, 0.25) is 0 Å². The highest BCUT2D eigenvalue weighted by Crippen LogP contribution is 2.35. The van der Waals surface area contributed by atoms with Gasteiger partial charge in [-0.2, -0.15) is 13.2 Å². The van der Waals surface area contributed by atoms with E-state index < -0.39 is 17.3 Å². The molecule has 0 saturated heterocycles. The Morgan fingerprint density at radius 3 is 1.95 bits per heavy atom. The Morgan fingerprint density at radius 1 is 0.850 bits per heavy atom. The molecule has 1 nitrogen and oxygen atoms in total. The van der Waals surface area contributed by atoms with E-state index in [-0.39, 0.29) is 6.42 Å². The highest BCUT2D eigenvalue weighted by atomic mass is 19.4. The summed E-state index contributed by atoms with van der Waals surface area (Å²) in [6.45, 7) is 3.80. The zero-order chi connectivity index (χ0) is 14.8. The summed E-state index contributed by atoms with van der Waals surface area (Å²) in [5.41, 5.74) is 5.75. The van der Waals surface area contributed by atoms with Crippen LogP contribution < -0.4 is 5.73 Å². The van der Waals surface area contributed by atoms with Crippen LogP contribution in [0.25, 0.3) is 0 Å². The Labute approximate surface area is 116 Å². The second-order valence-electron chi connectivity index (χ2n) is 4.67. The van der Waals surface area contributed by atoms with Gasteiger partial charge in [0.05, 0.1) is 11.1 Å². The van der Waals surface area contributed by atoms with Crippen LogP contribution in [0.4, 0.5) is 13.2 Å². The first-order valence-electron chi connectivity index (χ1n) is 6.19. The molecule has 4 heteroatoms. The number of nitrogens with two attached hydrogens (primary N) is 1. The number of hydrogen-bond acceptors (Lipinski definition) is 1. The van der Waals surface area contributed by atoms with Crippen molar-refractivity contribution in [2.24, 2.45) is 5.73 Å². The predicted octanol–water partition coefficient (Wildman–Crippen LogP) is 4.13. The molecule has 0 aliphatic heterocycles. The van der Waals surface area contributed by atoms with E-state index in [2.05, 4.69) is 6.92 Å². The van der Waals surface area contributed by atoms with Gasteiger partial charge in [0.1, 0.15) is 0 Å². The Balaban J connectivity index is 2.53. The van der Waals surface area contributed by atoms with Crippen LogP contribution in [-0.2, 0) is 11.7 Å². The Morgan fingerprint density at radius 2 is 1.40 bits per heavy atom. The third kappa shape index (κ3) is 2.70. The second-order valence-corrected chi connectivity index (χ2v) is 4.67. The van der Waals surface area contributed by atoms with E-state index in [1.165, 1.54) is 6.07 Å². The van der Waals surface area contributed by atoms with E-state index in [0.29, 0.717) is 5.56 Å². The fourth-order valence-corrected chi connectivity index (χ4v) is 2.16. The van der Waals surface area contributed by atoms with Crippen molar-refractivity contribution in [3.05, 3.63) is 78.2 Å². The lowest BCUT2D eigenvalue weighted by Gasteiger charge is -2.30. The molecule has 0 bridgehead atoms. The SMILES string of the molecule is [CH2]CC(N)(c1ccccc1)c1cccc(C(F)(F)F)c1. The van der Waals surface area contributed by atoms with Crippen LogP contribution in [-0.4, -0.2) is 0 Å². The van der Waals surface area contributed by atoms with Gasteiger partial charge in [0.25, 0.3) is 0 Å². The molecule has 0 fully saturated rings. The summed E-state index contributed by atoms with van der Waals surface area (Å²) in [5, 5.41) is 0. The molecule has 2 aromatic rings. The van der Waals surface area contributed by atoms with Gasteiger partial charge < -0.3 is 5.73 Å². The maximum absolute atomic E-state index is 12.8. The Hall–Kier alpha value is -1.81. The number of hydrogen-bond donors (Lipinski definition) is 1. The molecular weight excluding hydrogens is 263 g/mol. The van der Waals surface area contributed by atoms with Crippen molar-refractivity contribution < 1.29 is 13.2 Å². The van der Waals surface area contributed by atoms with Crippen molar-refractivity contribution in [2.45, 2.75) is 18.1 Å². The molecule has 2 aromatic carbocycles. The van der Waals surface area contributed by atoms with Crippen LogP contribution in [0.1, 0.15) is 23.1 Å². The van der Waals surface area contributed by atoms with Crippen molar-refractivity contribution in [3.8, 4) is 0 Å². The highest BCUT2D eigenvalue weighted by Gasteiger charge is 2.33. The number of halogens is 3. The van der Waals surface area contributed by atoms with E-state index in [1.807, 2.05) is 6.07 Å². The van der Waals surface area contributed by atoms with Gasteiger partial charge in [-0.25, -0.2) is 0 Å². The summed E-state index contributed by atoms with van der Waals surface area (Å²) >= 11 is 0. The summed E-state index contributed by atoms with van der Waals surface area (Å²) < 4.78 is 38.4. The minimum Gasteiger partial charge on any atom is -0.318 e. The first kappa shape index (κ1) is 14.6. The third-order valence-corrected chi connectivity index (χ3v) is 3.39. The van der Waals surface area contributed by atoms with Crippen LogP contribution >= 0.6 is 0 Å². The monoisotopic (exact) mass is 278 g/mol. The van der Waals surface area contributed by atoms with E-state index in [4.69, 9.17) is 5.73 Å². The average molecular weight is 278 g/mol. The molecule has 0 aliphatic rings. The lowest BCUT2D eigenvalue weighted by Crippen LogP contribution is -2.37. The fourth-order valence-electron chi connectivity index (χ4n) is 2.16. The van der Waals surface area contributed by atoms with E-state index in [1.54, 1.807) is 30.3 Å². The largest absolute Gasteiger partial charge is 0.416 e. The molecule has 0 saturated carbocycles. The van der Waals surface area contributed by atoms with Crippen molar-refractivity contribution >= 4 is 0 Å². The average Bonchev–Trinajstić information content (AvgIpc) is 2.46. The quantitative estimate of drug-likeness (QED) is 0.897. The molecule has 105 valence electrons. The molecule has 2 rings (SSSR count). The highest BCUT2D eigenvalue weighted by molar-refractivity contribution is 5.40. The van der Waals surface area contributed by atoms with Crippen LogP contribution in [0.3, 0.4) is 0 Å². The summed E-state index contributed by atoms with van der Waals surface area (Å²) in [4.78, 5) is 0. The maximum Gasteiger partial charge on any atom is 0.416 e. The molecule has 0 amide bonds. The van der Waals surface area contributed by atoms with Gasteiger partial charge in [-0.1, -0.05) is 49.4 Å². The molecule has 0 aromatic heterocycles. The van der Waals surface area contributed by atoms with E-state index >= 15 is 0 Å². The Kier molecular flexibility index (Phi) is 3.86. The molecule has 20 heavy (non-hydrogen) atoms. The predicted molar refractivity (Wildman–Crippen MR) is 72.8 cm³/mol. The molecule has 0 heterocycles. The van der Waals surface area contributed by atoms with Gasteiger partial charge in [-0.3, -0.25) is 0 Å². The minimum absolute atomic E-state index is 0.262. The third-order valence-electron chi connectivity index (χ3n) is 3.39. The van der Waals surface area contributed by atoms with Crippen molar-refractivity contribution in [1.29, 1.82) is 0 Å². The number of alkyl halides is 3. The van der Waals surface area contributed by atoms with Gasteiger partial charge in [0, 0.05) is 0 Å². The maximum atomic E-state index is 12.8. The topological polar surface area (TPSA) is 26.0 Å². The van der Waals surface area contributed by atoms with E-state index in [0.717, 1.165) is 17.7 Å². The number of benzene rings is 2. The van der Waals surface area contributed by atoms with Crippen LogP contribution in [0.5, 0.6) is 0 Å². The van der Waals surface area contributed by atoms with Gasteiger partial charge in [-0.15, -0.1) is 0 Å². The minimum atomic E-state index is -4.38. The smallest absolute Gasteiger partial charge is 0.318 e. The van der Waals surface area contributed by atoms with Crippen molar-refractivity contribution in [3.63, 3.8) is 0 Å². The van der Waals surface area contributed by atoms with Crippen LogP contribution in [0, 0.1) is 6.92 Å². The fraction of sp³-hybridized carbons (Fsp3) is 0.188. The first-order valence-corrected chi connectivity index (χ1v) is 6.19. The van der Waals surface area contributed by atoms with Crippen molar-refractivity contribution in [1.82, 2.24) is 0 Å². The first-order chi connectivity index (χ1) is 9.38. The van der Waals surface area contributed by atoms with Gasteiger partial charge in [0.2, 0.25) is 0 Å². The molecule has 0 spiro atoms. The lowest BCUT2D eigenvalue weighted by atomic mass is 9.81. The molecular formula is C16H15F3N. The van der Waals surface area contributed by atoms with Gasteiger partial charge >= 0.3 is 6.18 Å². The van der Waals surface area contributed by atoms with Gasteiger partial charge in [0.15, 0.2) is 0 Å². The Bertz CT molecular complexity index is 578. The molecule has 2 N–H and O–H groups in total. The second kappa shape index (κ2) is 5.29. The standard InChI is InChI=1S/C16H15F3N/c1-2-15(20,12-7-4-3-5-8-12)13-9-6-10-14(11-13)16(17,18)19/h3-11H,1-2,20H2. The zero-order valence-corrected chi connectivity index (χ0v) is 10.8. The van der Waals surface area contributed by atoms with Crippen molar-refractivity contribution in [2.75, 3.05) is 0 Å². The van der Waals surface area contributed by atoms with Gasteiger partial charge in [-0.05, 0) is 29.7 Å². The lowest BCUT2D eigenvalue weighted by molar-refractivity contribution is -0.137. The molecule has 1 radical (unpaired) electrons. The normalized spacial score (nSPS) is 14.8. The summed E-state index contributed by atoms with van der Waals surface area (Å²) in [7, 11) is 0. The van der Waals surface area contributed by atoms with Crippen LogP contribution in [0.15, 0.2) is 54.6 Å². The zero-order valence-electron chi connectivity index (χ0n) is 10.8.